The molecule has 1 atom stereocenters. The highest BCUT2D eigenvalue weighted by Gasteiger charge is 2.27. The van der Waals surface area contributed by atoms with E-state index >= 15 is 0 Å². The Balaban J connectivity index is 1.82. The van der Waals surface area contributed by atoms with Crippen LogP contribution >= 0.6 is 0 Å². The molecule has 27 heavy (non-hydrogen) atoms. The Bertz CT molecular complexity index is 643. The first-order valence-corrected chi connectivity index (χ1v) is 9.86. The number of ether oxygens (including phenoxy) is 1. The predicted molar refractivity (Wildman–Crippen MR) is 110 cm³/mol. The SMILES string of the molecule is CN=C(NCc1cccc(OCC(C)C)c1)NC1CCN(C(=O)C(C)C)C1. The molecule has 1 aliphatic rings. The highest BCUT2D eigenvalue weighted by atomic mass is 16.5. The van der Waals surface area contributed by atoms with E-state index in [9.17, 15) is 4.79 Å². The first kappa shape index (κ1) is 21.1. The van der Waals surface area contributed by atoms with Gasteiger partial charge in [-0.15, -0.1) is 0 Å². The van der Waals surface area contributed by atoms with Gasteiger partial charge in [0, 0.05) is 38.6 Å². The Morgan fingerprint density at radius 3 is 2.78 bits per heavy atom. The first-order valence-electron chi connectivity index (χ1n) is 9.86. The second-order valence-corrected chi connectivity index (χ2v) is 7.85. The molecule has 0 bridgehead atoms. The van der Waals surface area contributed by atoms with Gasteiger partial charge in [0.05, 0.1) is 6.61 Å². The topological polar surface area (TPSA) is 66.0 Å². The third-order valence-electron chi connectivity index (χ3n) is 4.50. The highest BCUT2D eigenvalue weighted by Crippen LogP contribution is 2.15. The predicted octanol–water partition coefficient (Wildman–Crippen LogP) is 2.64. The van der Waals surface area contributed by atoms with Crippen molar-refractivity contribution in [1.82, 2.24) is 15.5 Å². The van der Waals surface area contributed by atoms with Crippen LogP contribution in [0.2, 0.25) is 0 Å². The Labute approximate surface area is 163 Å². The normalized spacial score (nSPS) is 17.5. The van der Waals surface area contributed by atoms with Crippen LogP contribution in [-0.4, -0.2) is 49.6 Å². The zero-order valence-corrected chi connectivity index (χ0v) is 17.3. The number of nitrogens with one attached hydrogen (secondary N) is 2. The van der Waals surface area contributed by atoms with Gasteiger partial charge in [-0.05, 0) is 30.0 Å². The van der Waals surface area contributed by atoms with E-state index in [1.807, 2.05) is 30.9 Å². The highest BCUT2D eigenvalue weighted by molar-refractivity contribution is 5.81. The summed E-state index contributed by atoms with van der Waals surface area (Å²) in [6, 6.07) is 8.36. The largest absolute Gasteiger partial charge is 0.493 e. The van der Waals surface area contributed by atoms with E-state index in [-0.39, 0.29) is 17.9 Å². The number of rotatable bonds is 7. The molecule has 1 saturated heterocycles. The summed E-state index contributed by atoms with van der Waals surface area (Å²) in [5, 5.41) is 6.78. The monoisotopic (exact) mass is 374 g/mol. The summed E-state index contributed by atoms with van der Waals surface area (Å²) in [6.07, 6.45) is 0.942. The van der Waals surface area contributed by atoms with E-state index in [0.29, 0.717) is 19.1 Å². The van der Waals surface area contributed by atoms with Crippen molar-refractivity contribution in [3.05, 3.63) is 29.8 Å². The number of carbonyl (C=O) groups is 1. The van der Waals surface area contributed by atoms with Crippen LogP contribution in [0.4, 0.5) is 0 Å². The van der Waals surface area contributed by atoms with Gasteiger partial charge in [0.2, 0.25) is 5.91 Å². The molecule has 1 fully saturated rings. The van der Waals surface area contributed by atoms with Crippen molar-refractivity contribution in [1.29, 1.82) is 0 Å². The summed E-state index contributed by atoms with van der Waals surface area (Å²) in [5.74, 6) is 2.42. The number of guanidine groups is 1. The summed E-state index contributed by atoms with van der Waals surface area (Å²) < 4.78 is 5.79. The summed E-state index contributed by atoms with van der Waals surface area (Å²) >= 11 is 0. The van der Waals surface area contributed by atoms with E-state index in [4.69, 9.17) is 4.74 Å². The molecule has 1 aromatic rings. The lowest BCUT2D eigenvalue weighted by Gasteiger charge is -2.20. The zero-order valence-electron chi connectivity index (χ0n) is 17.3. The van der Waals surface area contributed by atoms with Crippen molar-refractivity contribution in [2.45, 2.75) is 46.7 Å². The number of likely N-dealkylation sites (tertiary alicyclic amines) is 1. The Morgan fingerprint density at radius 2 is 2.11 bits per heavy atom. The van der Waals surface area contributed by atoms with Gasteiger partial charge in [-0.25, -0.2) is 0 Å². The molecule has 0 saturated carbocycles. The Hall–Kier alpha value is -2.24. The standard InChI is InChI=1S/C21H34N4O2/c1-15(2)14-27-19-8-6-7-17(11-19)12-23-21(22-5)24-18-9-10-25(13-18)20(26)16(3)4/h6-8,11,15-16,18H,9-10,12-14H2,1-5H3,(H2,22,23,24). The van der Waals surface area contributed by atoms with Crippen LogP contribution in [0.15, 0.2) is 29.3 Å². The minimum absolute atomic E-state index is 0.0476. The molecule has 1 heterocycles. The Kier molecular flexibility index (Phi) is 7.95. The van der Waals surface area contributed by atoms with Crippen LogP contribution in [0.25, 0.3) is 0 Å². The minimum atomic E-state index is 0.0476. The molecular formula is C21H34N4O2. The molecule has 6 heteroatoms. The molecule has 1 amide bonds. The molecule has 6 nitrogen and oxygen atoms in total. The van der Waals surface area contributed by atoms with E-state index < -0.39 is 0 Å². The molecule has 0 spiro atoms. The minimum Gasteiger partial charge on any atom is -0.493 e. The number of benzene rings is 1. The van der Waals surface area contributed by atoms with Crippen molar-refractivity contribution in [3.63, 3.8) is 0 Å². The number of nitrogens with zero attached hydrogens (tertiary/aromatic N) is 2. The summed E-state index contributed by atoms with van der Waals surface area (Å²) in [7, 11) is 1.77. The second kappa shape index (κ2) is 10.2. The zero-order chi connectivity index (χ0) is 19.8. The van der Waals surface area contributed by atoms with Gasteiger partial charge < -0.3 is 20.3 Å². The van der Waals surface area contributed by atoms with Gasteiger partial charge in [0.25, 0.3) is 0 Å². The van der Waals surface area contributed by atoms with E-state index in [0.717, 1.165) is 36.8 Å². The number of aliphatic imine (C=N–C) groups is 1. The van der Waals surface area contributed by atoms with Gasteiger partial charge in [-0.3, -0.25) is 9.79 Å². The maximum absolute atomic E-state index is 12.1. The van der Waals surface area contributed by atoms with Gasteiger partial charge in [0.1, 0.15) is 5.75 Å². The lowest BCUT2D eigenvalue weighted by atomic mass is 10.2. The quantitative estimate of drug-likeness (QED) is 0.569. The first-order chi connectivity index (χ1) is 12.9. The van der Waals surface area contributed by atoms with Crippen molar-refractivity contribution >= 4 is 11.9 Å². The third-order valence-corrected chi connectivity index (χ3v) is 4.50. The van der Waals surface area contributed by atoms with Crippen LogP contribution in [0, 0.1) is 11.8 Å². The molecule has 1 aromatic carbocycles. The lowest BCUT2D eigenvalue weighted by molar-refractivity contribution is -0.133. The fourth-order valence-electron chi connectivity index (χ4n) is 3.03. The number of hydrogen-bond acceptors (Lipinski definition) is 3. The maximum atomic E-state index is 12.1. The summed E-state index contributed by atoms with van der Waals surface area (Å²) in [6.45, 7) is 11.1. The molecule has 0 radical (unpaired) electrons. The van der Waals surface area contributed by atoms with Crippen molar-refractivity contribution < 1.29 is 9.53 Å². The fourth-order valence-corrected chi connectivity index (χ4v) is 3.03. The molecule has 0 aromatic heterocycles. The van der Waals surface area contributed by atoms with Gasteiger partial charge in [0.15, 0.2) is 5.96 Å². The maximum Gasteiger partial charge on any atom is 0.225 e. The molecule has 0 aliphatic carbocycles. The van der Waals surface area contributed by atoms with Crippen LogP contribution in [0.5, 0.6) is 5.75 Å². The summed E-state index contributed by atoms with van der Waals surface area (Å²) in [4.78, 5) is 18.4. The molecule has 150 valence electrons. The van der Waals surface area contributed by atoms with Crippen LogP contribution in [0.3, 0.4) is 0 Å². The van der Waals surface area contributed by atoms with Gasteiger partial charge in [-0.2, -0.15) is 0 Å². The molecular weight excluding hydrogens is 340 g/mol. The van der Waals surface area contributed by atoms with Crippen LogP contribution in [-0.2, 0) is 11.3 Å². The van der Waals surface area contributed by atoms with Crippen molar-refractivity contribution in [2.24, 2.45) is 16.8 Å². The van der Waals surface area contributed by atoms with Crippen molar-refractivity contribution in [2.75, 3.05) is 26.7 Å². The number of carbonyl (C=O) groups excluding carboxylic acids is 1. The Morgan fingerprint density at radius 1 is 1.33 bits per heavy atom. The summed E-state index contributed by atoms with van der Waals surface area (Å²) in [5.41, 5.74) is 1.14. The molecule has 2 rings (SSSR count). The smallest absolute Gasteiger partial charge is 0.225 e. The van der Waals surface area contributed by atoms with E-state index in [1.54, 1.807) is 7.05 Å². The van der Waals surface area contributed by atoms with Crippen LogP contribution in [0.1, 0.15) is 39.7 Å². The fraction of sp³-hybridized carbons (Fsp3) is 0.619. The number of hydrogen-bond donors (Lipinski definition) is 2. The second-order valence-electron chi connectivity index (χ2n) is 7.85. The third kappa shape index (κ3) is 6.77. The van der Waals surface area contributed by atoms with Gasteiger partial charge in [-0.1, -0.05) is 39.8 Å². The van der Waals surface area contributed by atoms with E-state index in [2.05, 4.69) is 41.6 Å². The lowest BCUT2D eigenvalue weighted by Crippen LogP contribution is -2.45. The molecule has 1 unspecified atom stereocenters. The van der Waals surface area contributed by atoms with Crippen molar-refractivity contribution in [3.8, 4) is 5.75 Å². The number of amides is 1. The molecule has 2 N–H and O–H groups in total. The average Bonchev–Trinajstić information content (AvgIpc) is 3.11. The van der Waals surface area contributed by atoms with E-state index in [1.165, 1.54) is 0 Å². The average molecular weight is 375 g/mol. The molecule has 1 aliphatic heterocycles. The van der Waals surface area contributed by atoms with Gasteiger partial charge >= 0.3 is 0 Å². The van der Waals surface area contributed by atoms with Crippen LogP contribution < -0.4 is 15.4 Å².